The quantitative estimate of drug-likeness (QED) is 0.234. The molecule has 8 nitrogen and oxygen atoms in total. The molecule has 2 amide bonds. The van der Waals surface area contributed by atoms with Crippen LogP contribution in [-0.2, 0) is 15.8 Å². The van der Waals surface area contributed by atoms with E-state index in [1.54, 1.807) is 12.1 Å². The van der Waals surface area contributed by atoms with Crippen molar-refractivity contribution in [3.05, 3.63) is 34.4 Å². The normalized spacial score (nSPS) is 27.0. The van der Waals surface area contributed by atoms with Crippen LogP contribution in [0.15, 0.2) is 23.0 Å². The van der Waals surface area contributed by atoms with E-state index in [1.807, 2.05) is 5.32 Å². The van der Waals surface area contributed by atoms with Crippen molar-refractivity contribution in [3.63, 3.8) is 0 Å². The lowest BCUT2D eigenvalue weighted by molar-refractivity contribution is -0.150. The van der Waals surface area contributed by atoms with Crippen LogP contribution in [0.3, 0.4) is 0 Å². The van der Waals surface area contributed by atoms with E-state index in [-0.39, 0.29) is 23.7 Å². The van der Waals surface area contributed by atoms with Crippen LogP contribution in [0, 0.1) is 16.7 Å². The highest BCUT2D eigenvalue weighted by Gasteiger charge is 2.60. The molecule has 1 aromatic heterocycles. The molecule has 2 bridgehead atoms. The molecule has 4 atom stereocenters. The van der Waals surface area contributed by atoms with Gasteiger partial charge in [0, 0.05) is 24.7 Å². The Morgan fingerprint density at radius 1 is 1.02 bits per heavy atom. The third-order valence-corrected chi connectivity index (χ3v) is 10.6. The Labute approximate surface area is 244 Å². The Morgan fingerprint density at radius 3 is 2.38 bits per heavy atom. The number of imide groups is 1. The van der Waals surface area contributed by atoms with E-state index < -0.39 is 35.4 Å². The van der Waals surface area contributed by atoms with E-state index in [0.29, 0.717) is 33.7 Å². The van der Waals surface area contributed by atoms with Crippen molar-refractivity contribution in [2.24, 2.45) is 16.7 Å². The van der Waals surface area contributed by atoms with E-state index in [4.69, 9.17) is 0 Å². The van der Waals surface area contributed by atoms with Crippen molar-refractivity contribution in [3.8, 4) is 0 Å². The Balaban J connectivity index is 1.15. The molecule has 230 valence electrons. The molecule has 11 heteroatoms. The van der Waals surface area contributed by atoms with E-state index in [9.17, 15) is 27.6 Å². The number of amides is 2. The first kappa shape index (κ1) is 30.5. The van der Waals surface area contributed by atoms with Gasteiger partial charge in [-0.25, -0.2) is 4.98 Å². The van der Waals surface area contributed by atoms with E-state index in [1.165, 1.54) is 25.3 Å². The SMILES string of the molecule is CC1(C)[C@@H]2CC[C@@]1(C)[C@@H](NCCCCCCCNc1cccc3nc(C(F)(F)F)n(C4CCC(=O)NC4=O)c(=O)c13)C2. The highest BCUT2D eigenvalue weighted by molar-refractivity contribution is 5.99. The van der Waals surface area contributed by atoms with Crippen LogP contribution in [0.4, 0.5) is 18.9 Å². The van der Waals surface area contributed by atoms with Crippen molar-refractivity contribution in [1.82, 2.24) is 20.2 Å². The summed E-state index contributed by atoms with van der Waals surface area (Å²) in [7, 11) is 0. The number of carbonyl (C=O) groups excluding carboxylic acids is 2. The zero-order valence-electron chi connectivity index (χ0n) is 24.7. The largest absolute Gasteiger partial charge is 0.449 e. The fourth-order valence-corrected chi connectivity index (χ4v) is 7.60. The Kier molecular flexibility index (Phi) is 8.44. The number of piperidine rings is 1. The lowest BCUT2D eigenvalue weighted by Crippen LogP contribution is -2.46. The molecule has 1 saturated heterocycles. The van der Waals surface area contributed by atoms with Gasteiger partial charge in [-0.1, -0.05) is 46.1 Å². The summed E-state index contributed by atoms with van der Waals surface area (Å²) in [5, 5.41) is 9.07. The van der Waals surface area contributed by atoms with E-state index in [0.717, 1.165) is 44.6 Å². The van der Waals surface area contributed by atoms with E-state index >= 15 is 0 Å². The number of nitrogens with zero attached hydrogens (tertiary/aromatic N) is 2. The van der Waals surface area contributed by atoms with Gasteiger partial charge in [-0.05, 0) is 74.0 Å². The predicted molar refractivity (Wildman–Crippen MR) is 155 cm³/mol. The Bertz CT molecular complexity index is 1400. The summed E-state index contributed by atoms with van der Waals surface area (Å²) < 4.78 is 42.2. The minimum absolute atomic E-state index is 0.00115. The van der Waals surface area contributed by atoms with E-state index in [2.05, 4.69) is 36.4 Å². The fraction of sp³-hybridized carbons (Fsp3) is 0.677. The molecule has 0 spiro atoms. The summed E-state index contributed by atoms with van der Waals surface area (Å²) in [6.07, 6.45) is 3.80. The zero-order valence-corrected chi connectivity index (χ0v) is 24.7. The maximum absolute atomic E-state index is 13.9. The topological polar surface area (TPSA) is 105 Å². The number of benzene rings is 1. The number of carbonyl (C=O) groups is 2. The van der Waals surface area contributed by atoms with Crippen LogP contribution in [0.1, 0.15) is 96.8 Å². The minimum Gasteiger partial charge on any atom is -0.384 e. The predicted octanol–water partition coefficient (Wildman–Crippen LogP) is 5.56. The molecule has 2 aliphatic carbocycles. The summed E-state index contributed by atoms with van der Waals surface area (Å²) in [6.45, 7) is 8.90. The van der Waals surface area contributed by atoms with Crippen molar-refractivity contribution in [2.45, 2.75) is 103 Å². The Morgan fingerprint density at radius 2 is 1.74 bits per heavy atom. The van der Waals surface area contributed by atoms with Gasteiger partial charge in [-0.15, -0.1) is 0 Å². The number of unbranched alkanes of at least 4 members (excludes halogenated alkanes) is 4. The molecular formula is C31H42F3N5O3. The lowest BCUT2D eigenvalue weighted by atomic mass is 9.69. The highest BCUT2D eigenvalue weighted by atomic mass is 19.4. The van der Waals surface area contributed by atoms with Crippen molar-refractivity contribution in [2.75, 3.05) is 18.4 Å². The van der Waals surface area contributed by atoms with Gasteiger partial charge in [0.1, 0.15) is 6.04 Å². The number of alkyl halides is 3. The molecule has 42 heavy (non-hydrogen) atoms. The van der Waals surface area contributed by atoms with Crippen LogP contribution >= 0.6 is 0 Å². The van der Waals surface area contributed by atoms with Gasteiger partial charge < -0.3 is 10.6 Å². The van der Waals surface area contributed by atoms with Crippen molar-refractivity contribution >= 4 is 28.4 Å². The maximum Gasteiger partial charge on any atom is 0.449 e. The second-order valence-corrected chi connectivity index (χ2v) is 13.1. The van der Waals surface area contributed by atoms with Crippen LogP contribution in [0.2, 0.25) is 0 Å². The zero-order chi connectivity index (χ0) is 30.3. The first-order valence-electron chi connectivity index (χ1n) is 15.3. The fourth-order valence-electron chi connectivity index (χ4n) is 7.60. The standard InChI is InChI=1S/C31H42F3N5O3/c1-29(2)19-14-15-30(29,3)23(18-19)36-17-8-6-4-5-7-16-35-20-10-9-11-21-25(20)27(42)39(28(37-21)31(32,33)34)22-12-13-24(40)38-26(22)41/h9-11,19,22-23,35-36H,4-8,12-18H2,1-3H3,(H,38,40,41)/t19-,22?,23+,30+/m1/s1. The third-order valence-electron chi connectivity index (χ3n) is 10.6. The third kappa shape index (κ3) is 5.56. The number of hydrogen-bond donors (Lipinski definition) is 3. The average Bonchev–Trinajstić information content (AvgIpc) is 3.25. The van der Waals surface area contributed by atoms with Gasteiger partial charge in [-0.3, -0.25) is 24.3 Å². The number of anilines is 1. The number of fused-ring (bicyclic) bond motifs is 3. The summed E-state index contributed by atoms with van der Waals surface area (Å²) in [5.74, 6) is -2.13. The average molecular weight is 590 g/mol. The minimum atomic E-state index is -4.96. The van der Waals surface area contributed by atoms with Gasteiger partial charge in [0.25, 0.3) is 5.56 Å². The van der Waals surface area contributed by atoms with Crippen molar-refractivity contribution < 1.29 is 22.8 Å². The monoisotopic (exact) mass is 589 g/mol. The molecule has 2 saturated carbocycles. The number of halogens is 3. The molecule has 1 unspecified atom stereocenters. The highest BCUT2D eigenvalue weighted by Crippen LogP contribution is 2.65. The number of nitrogens with one attached hydrogen (secondary N) is 3. The van der Waals surface area contributed by atoms with Gasteiger partial charge >= 0.3 is 6.18 Å². The molecule has 1 aliphatic heterocycles. The smallest absolute Gasteiger partial charge is 0.384 e. The van der Waals surface area contributed by atoms with Crippen molar-refractivity contribution in [1.29, 1.82) is 0 Å². The summed E-state index contributed by atoms with van der Waals surface area (Å²) in [5.41, 5.74) is 0.133. The van der Waals surface area contributed by atoms with Crippen LogP contribution in [0.25, 0.3) is 10.9 Å². The first-order valence-corrected chi connectivity index (χ1v) is 15.3. The molecular weight excluding hydrogens is 547 g/mol. The maximum atomic E-state index is 13.9. The summed E-state index contributed by atoms with van der Waals surface area (Å²) in [4.78, 5) is 41.2. The van der Waals surface area contributed by atoms with Crippen LogP contribution in [0.5, 0.6) is 0 Å². The second-order valence-electron chi connectivity index (χ2n) is 13.1. The molecule has 1 aromatic carbocycles. The summed E-state index contributed by atoms with van der Waals surface area (Å²) in [6, 6.07) is 3.69. The molecule has 2 aromatic rings. The molecule has 5 rings (SSSR count). The summed E-state index contributed by atoms with van der Waals surface area (Å²) >= 11 is 0. The van der Waals surface area contributed by atoms with Gasteiger partial charge in [0.2, 0.25) is 17.6 Å². The number of aromatic nitrogens is 2. The number of hydrogen-bond acceptors (Lipinski definition) is 6. The molecule has 3 N–H and O–H groups in total. The first-order chi connectivity index (χ1) is 19.8. The molecule has 2 heterocycles. The lowest BCUT2D eigenvalue weighted by Gasteiger charge is -2.39. The second kappa shape index (κ2) is 11.6. The van der Waals surface area contributed by atoms with Gasteiger partial charge in [-0.2, -0.15) is 13.2 Å². The number of rotatable bonds is 11. The molecule has 3 aliphatic rings. The van der Waals surface area contributed by atoms with Gasteiger partial charge in [0.05, 0.1) is 10.9 Å². The van der Waals surface area contributed by atoms with Gasteiger partial charge in [0.15, 0.2) is 0 Å². The Hall–Kier alpha value is -2.95. The van der Waals surface area contributed by atoms with Crippen LogP contribution in [-0.4, -0.2) is 40.5 Å². The molecule has 0 radical (unpaired) electrons. The molecule has 3 fully saturated rings. The van der Waals surface area contributed by atoms with Crippen LogP contribution < -0.4 is 21.5 Å².